The maximum atomic E-state index is 13.9. The Kier molecular flexibility index (Phi) is 5.52. The van der Waals surface area contributed by atoms with Gasteiger partial charge in [-0.2, -0.15) is 0 Å². The average molecular weight is 371 g/mol. The Morgan fingerprint density at radius 1 is 1.19 bits per heavy atom. The van der Waals surface area contributed by atoms with Gasteiger partial charge in [0.15, 0.2) is 5.16 Å². The molecule has 0 atom stereocenters. The first kappa shape index (κ1) is 17.9. The highest BCUT2D eigenvalue weighted by Gasteiger charge is 2.12. The van der Waals surface area contributed by atoms with Crippen molar-refractivity contribution >= 4 is 29.0 Å². The summed E-state index contributed by atoms with van der Waals surface area (Å²) in [6, 6.07) is 13.9. The van der Waals surface area contributed by atoms with E-state index in [1.54, 1.807) is 18.2 Å². The van der Waals surface area contributed by atoms with Crippen molar-refractivity contribution in [2.45, 2.75) is 5.16 Å². The van der Waals surface area contributed by atoms with Gasteiger partial charge in [-0.25, -0.2) is 4.39 Å². The highest BCUT2D eigenvalue weighted by Crippen LogP contribution is 2.22. The molecule has 3 rings (SSSR count). The van der Waals surface area contributed by atoms with E-state index in [-0.39, 0.29) is 17.5 Å². The van der Waals surface area contributed by atoms with Crippen molar-refractivity contribution in [2.24, 2.45) is 0 Å². The number of amides is 1. The van der Waals surface area contributed by atoms with E-state index in [1.165, 1.54) is 28.7 Å². The number of hydrogen-bond acceptors (Lipinski definition) is 5. The Hall–Kier alpha value is -2.87. The predicted molar refractivity (Wildman–Crippen MR) is 101 cm³/mol. The first-order chi connectivity index (χ1) is 12.5. The van der Waals surface area contributed by atoms with Gasteiger partial charge in [0.25, 0.3) is 0 Å². The van der Waals surface area contributed by atoms with Crippen molar-refractivity contribution in [1.82, 2.24) is 14.8 Å². The standard InChI is InChI=1S/C18H18FN5OS/c1-23(2)14-9-7-13(8-10-14)21-17(25)11-26-18-22-20-12-24(18)16-6-4-3-5-15(16)19/h3-10,12H,11H2,1-2H3,(H,21,25). The third-order valence-corrected chi connectivity index (χ3v) is 4.57. The number of nitrogens with zero attached hydrogens (tertiary/aromatic N) is 4. The monoisotopic (exact) mass is 371 g/mol. The van der Waals surface area contributed by atoms with E-state index in [0.717, 1.165) is 11.4 Å². The van der Waals surface area contributed by atoms with Crippen molar-refractivity contribution in [1.29, 1.82) is 0 Å². The summed E-state index contributed by atoms with van der Waals surface area (Å²) in [6.07, 6.45) is 1.43. The Bertz CT molecular complexity index is 895. The van der Waals surface area contributed by atoms with E-state index in [0.29, 0.717) is 10.8 Å². The van der Waals surface area contributed by atoms with Gasteiger partial charge in [-0.1, -0.05) is 23.9 Å². The molecule has 0 radical (unpaired) electrons. The molecule has 0 saturated carbocycles. The van der Waals surface area contributed by atoms with Crippen LogP contribution in [0, 0.1) is 5.82 Å². The number of anilines is 2. The van der Waals surface area contributed by atoms with Gasteiger partial charge in [0.1, 0.15) is 12.1 Å². The fourth-order valence-electron chi connectivity index (χ4n) is 2.31. The first-order valence-corrected chi connectivity index (χ1v) is 8.88. The molecule has 1 amide bonds. The molecule has 134 valence electrons. The molecule has 0 aliphatic rings. The van der Waals surface area contributed by atoms with Crippen LogP contribution in [-0.2, 0) is 4.79 Å². The molecule has 0 aliphatic carbocycles. The summed E-state index contributed by atoms with van der Waals surface area (Å²) in [5, 5.41) is 11.1. The van der Waals surface area contributed by atoms with Gasteiger partial charge >= 0.3 is 0 Å². The Morgan fingerprint density at radius 3 is 2.62 bits per heavy atom. The lowest BCUT2D eigenvalue weighted by Crippen LogP contribution is -2.15. The van der Waals surface area contributed by atoms with Crippen LogP contribution in [0.4, 0.5) is 15.8 Å². The van der Waals surface area contributed by atoms with E-state index >= 15 is 0 Å². The Labute approximate surface area is 155 Å². The van der Waals surface area contributed by atoms with Crippen LogP contribution < -0.4 is 10.2 Å². The number of thioether (sulfide) groups is 1. The van der Waals surface area contributed by atoms with Crippen LogP contribution in [0.15, 0.2) is 60.0 Å². The molecule has 0 saturated heterocycles. The minimum absolute atomic E-state index is 0.141. The first-order valence-electron chi connectivity index (χ1n) is 7.89. The molecule has 0 unspecified atom stereocenters. The maximum absolute atomic E-state index is 13.9. The molecule has 3 aromatic rings. The topological polar surface area (TPSA) is 63.1 Å². The number of rotatable bonds is 6. The smallest absolute Gasteiger partial charge is 0.234 e. The molecule has 1 heterocycles. The molecule has 6 nitrogen and oxygen atoms in total. The van der Waals surface area contributed by atoms with Crippen LogP contribution >= 0.6 is 11.8 Å². The molecular weight excluding hydrogens is 353 g/mol. The van der Waals surface area contributed by atoms with Crippen LogP contribution in [0.25, 0.3) is 5.69 Å². The average Bonchev–Trinajstić information content (AvgIpc) is 3.09. The van der Waals surface area contributed by atoms with Crippen LogP contribution in [0.5, 0.6) is 0 Å². The quantitative estimate of drug-likeness (QED) is 0.674. The number of halogens is 1. The fourth-order valence-corrected chi connectivity index (χ4v) is 3.03. The minimum Gasteiger partial charge on any atom is -0.378 e. The molecule has 0 aliphatic heterocycles. The van der Waals surface area contributed by atoms with E-state index in [9.17, 15) is 9.18 Å². The molecule has 1 aromatic heterocycles. The molecule has 8 heteroatoms. The second-order valence-corrected chi connectivity index (χ2v) is 6.66. The normalized spacial score (nSPS) is 10.6. The van der Waals surface area contributed by atoms with Crippen molar-refractivity contribution in [3.05, 3.63) is 60.7 Å². The molecule has 0 bridgehead atoms. The molecule has 0 fully saturated rings. The van der Waals surface area contributed by atoms with E-state index in [1.807, 2.05) is 43.3 Å². The summed E-state index contributed by atoms with van der Waals surface area (Å²) in [6.45, 7) is 0. The van der Waals surface area contributed by atoms with Gasteiger partial charge in [0.05, 0.1) is 11.4 Å². The van der Waals surface area contributed by atoms with E-state index < -0.39 is 0 Å². The Balaban J connectivity index is 1.62. The zero-order valence-electron chi connectivity index (χ0n) is 14.4. The SMILES string of the molecule is CN(C)c1ccc(NC(=O)CSc2nncn2-c2ccccc2F)cc1. The maximum Gasteiger partial charge on any atom is 0.234 e. The number of carbonyl (C=O) groups is 1. The van der Waals surface area contributed by atoms with E-state index in [2.05, 4.69) is 15.5 Å². The summed E-state index contributed by atoms with van der Waals surface area (Å²) in [4.78, 5) is 14.2. The highest BCUT2D eigenvalue weighted by molar-refractivity contribution is 7.99. The van der Waals surface area contributed by atoms with Gasteiger partial charge < -0.3 is 10.2 Å². The van der Waals surface area contributed by atoms with Crippen molar-refractivity contribution in [3.8, 4) is 5.69 Å². The van der Waals surface area contributed by atoms with Gasteiger partial charge in [-0.3, -0.25) is 9.36 Å². The van der Waals surface area contributed by atoms with Gasteiger partial charge in [-0.05, 0) is 36.4 Å². The predicted octanol–water partition coefficient (Wildman–Crippen LogP) is 3.20. The summed E-state index contributed by atoms with van der Waals surface area (Å²) in [5.41, 5.74) is 2.12. The molecular formula is C18H18FN5OS. The van der Waals surface area contributed by atoms with Crippen molar-refractivity contribution in [3.63, 3.8) is 0 Å². The molecule has 26 heavy (non-hydrogen) atoms. The van der Waals surface area contributed by atoms with Crippen LogP contribution in [-0.4, -0.2) is 40.5 Å². The zero-order chi connectivity index (χ0) is 18.5. The lowest BCUT2D eigenvalue weighted by atomic mass is 10.2. The second kappa shape index (κ2) is 8.01. The highest BCUT2D eigenvalue weighted by atomic mass is 32.2. The van der Waals surface area contributed by atoms with Crippen LogP contribution in [0.1, 0.15) is 0 Å². The van der Waals surface area contributed by atoms with E-state index in [4.69, 9.17) is 0 Å². The second-order valence-electron chi connectivity index (χ2n) is 5.71. The number of hydrogen-bond donors (Lipinski definition) is 1. The number of para-hydroxylation sites is 1. The van der Waals surface area contributed by atoms with Gasteiger partial charge in [0.2, 0.25) is 5.91 Å². The third kappa shape index (κ3) is 4.20. The number of benzene rings is 2. The molecule has 2 aromatic carbocycles. The summed E-state index contributed by atoms with van der Waals surface area (Å²) < 4.78 is 15.5. The lowest BCUT2D eigenvalue weighted by Gasteiger charge is -2.13. The zero-order valence-corrected chi connectivity index (χ0v) is 15.2. The lowest BCUT2D eigenvalue weighted by molar-refractivity contribution is -0.113. The van der Waals surface area contributed by atoms with Gasteiger partial charge in [-0.15, -0.1) is 10.2 Å². The summed E-state index contributed by atoms with van der Waals surface area (Å²) >= 11 is 1.20. The largest absolute Gasteiger partial charge is 0.378 e. The minimum atomic E-state index is -0.375. The number of nitrogens with one attached hydrogen (secondary N) is 1. The molecule has 1 N–H and O–H groups in total. The fraction of sp³-hybridized carbons (Fsp3) is 0.167. The Morgan fingerprint density at radius 2 is 1.92 bits per heavy atom. The number of aromatic nitrogens is 3. The van der Waals surface area contributed by atoms with Gasteiger partial charge in [0, 0.05) is 25.5 Å². The van der Waals surface area contributed by atoms with Crippen molar-refractivity contribution in [2.75, 3.05) is 30.1 Å². The summed E-state index contributed by atoms with van der Waals surface area (Å²) in [5.74, 6) is -0.405. The third-order valence-electron chi connectivity index (χ3n) is 3.63. The van der Waals surface area contributed by atoms with Crippen LogP contribution in [0.3, 0.4) is 0 Å². The summed E-state index contributed by atoms with van der Waals surface area (Å²) in [7, 11) is 3.91. The molecule has 0 spiro atoms. The van der Waals surface area contributed by atoms with Crippen LogP contribution in [0.2, 0.25) is 0 Å². The van der Waals surface area contributed by atoms with Crippen molar-refractivity contribution < 1.29 is 9.18 Å². The number of carbonyl (C=O) groups excluding carboxylic acids is 1.